The number of carbonyl (C=O) groups excluding carboxylic acids is 1. The molecular weight excluding hydrogens is 162 g/mol. The highest BCUT2D eigenvalue weighted by Gasteiger charge is 2.21. The summed E-state index contributed by atoms with van der Waals surface area (Å²) in [5, 5.41) is 0. The summed E-state index contributed by atoms with van der Waals surface area (Å²) in [6.45, 7) is 3.74. The SMILES string of the molecule is CC(CCl)C(=O)N1CCCC1. The summed E-state index contributed by atoms with van der Waals surface area (Å²) in [6.07, 6.45) is 2.31. The Morgan fingerprint density at radius 2 is 2.09 bits per heavy atom. The predicted octanol–water partition coefficient (Wildman–Crippen LogP) is 1.48. The highest BCUT2D eigenvalue weighted by Crippen LogP contribution is 2.12. The van der Waals surface area contributed by atoms with Crippen LogP contribution in [0.25, 0.3) is 0 Å². The van der Waals surface area contributed by atoms with Gasteiger partial charge in [-0.05, 0) is 12.8 Å². The quantitative estimate of drug-likeness (QED) is 0.583. The van der Waals surface area contributed by atoms with Crippen LogP contribution < -0.4 is 0 Å². The second-order valence-electron chi connectivity index (χ2n) is 3.09. The summed E-state index contributed by atoms with van der Waals surface area (Å²) >= 11 is 5.58. The molecule has 3 heteroatoms. The number of hydrogen-bond donors (Lipinski definition) is 0. The van der Waals surface area contributed by atoms with Crippen LogP contribution in [0, 0.1) is 5.92 Å². The first-order valence-electron chi connectivity index (χ1n) is 4.10. The summed E-state index contributed by atoms with van der Waals surface area (Å²) in [5.41, 5.74) is 0. The van der Waals surface area contributed by atoms with Gasteiger partial charge in [-0.25, -0.2) is 0 Å². The molecule has 0 saturated carbocycles. The van der Waals surface area contributed by atoms with Gasteiger partial charge in [-0.15, -0.1) is 11.6 Å². The van der Waals surface area contributed by atoms with Crippen molar-refractivity contribution in [1.82, 2.24) is 4.90 Å². The number of halogens is 1. The summed E-state index contributed by atoms with van der Waals surface area (Å²) in [7, 11) is 0. The van der Waals surface area contributed by atoms with Crippen LogP contribution in [0.4, 0.5) is 0 Å². The Balaban J connectivity index is 2.39. The molecule has 1 fully saturated rings. The molecule has 1 aliphatic rings. The number of nitrogens with zero attached hydrogens (tertiary/aromatic N) is 1. The molecule has 11 heavy (non-hydrogen) atoms. The molecule has 1 atom stereocenters. The lowest BCUT2D eigenvalue weighted by atomic mass is 10.2. The molecule has 0 N–H and O–H groups in total. The van der Waals surface area contributed by atoms with Crippen LogP contribution in [0.2, 0.25) is 0 Å². The first kappa shape index (κ1) is 8.85. The summed E-state index contributed by atoms with van der Waals surface area (Å²) in [5.74, 6) is 0.655. The topological polar surface area (TPSA) is 20.3 Å². The second-order valence-corrected chi connectivity index (χ2v) is 3.40. The zero-order chi connectivity index (χ0) is 8.27. The Morgan fingerprint density at radius 3 is 2.55 bits per heavy atom. The molecule has 0 aromatic heterocycles. The van der Waals surface area contributed by atoms with E-state index in [0.29, 0.717) is 5.88 Å². The molecule has 0 radical (unpaired) electrons. The maximum absolute atomic E-state index is 11.4. The van der Waals surface area contributed by atoms with E-state index >= 15 is 0 Å². The number of amides is 1. The summed E-state index contributed by atoms with van der Waals surface area (Å²) in [4.78, 5) is 13.3. The third-order valence-corrected chi connectivity index (χ3v) is 2.53. The Morgan fingerprint density at radius 1 is 1.55 bits per heavy atom. The standard InChI is InChI=1S/C8H14ClNO/c1-7(6-9)8(11)10-4-2-3-5-10/h7H,2-6H2,1H3. The van der Waals surface area contributed by atoms with Crippen LogP contribution in [0.1, 0.15) is 19.8 Å². The summed E-state index contributed by atoms with van der Waals surface area (Å²) < 4.78 is 0. The van der Waals surface area contributed by atoms with Crippen LogP contribution in [-0.2, 0) is 4.79 Å². The van der Waals surface area contributed by atoms with Gasteiger partial charge in [-0.3, -0.25) is 4.79 Å². The summed E-state index contributed by atoms with van der Waals surface area (Å²) in [6, 6.07) is 0. The molecule has 1 rings (SSSR count). The van der Waals surface area contributed by atoms with Crippen LogP contribution in [0.3, 0.4) is 0 Å². The van der Waals surface area contributed by atoms with E-state index in [1.807, 2.05) is 11.8 Å². The van der Waals surface area contributed by atoms with Gasteiger partial charge in [0.25, 0.3) is 0 Å². The van der Waals surface area contributed by atoms with Crippen molar-refractivity contribution in [2.24, 2.45) is 5.92 Å². The van der Waals surface area contributed by atoms with Crippen LogP contribution in [-0.4, -0.2) is 29.8 Å². The molecule has 1 aliphatic heterocycles. The maximum Gasteiger partial charge on any atom is 0.226 e. The molecule has 2 nitrogen and oxygen atoms in total. The minimum absolute atomic E-state index is 0.00485. The number of hydrogen-bond acceptors (Lipinski definition) is 1. The lowest BCUT2D eigenvalue weighted by Gasteiger charge is -2.18. The van der Waals surface area contributed by atoms with Crippen LogP contribution in [0.5, 0.6) is 0 Å². The minimum Gasteiger partial charge on any atom is -0.342 e. The van der Waals surface area contributed by atoms with E-state index in [-0.39, 0.29) is 11.8 Å². The lowest BCUT2D eigenvalue weighted by molar-refractivity contribution is -0.133. The molecule has 1 saturated heterocycles. The zero-order valence-corrected chi connectivity index (χ0v) is 7.60. The lowest BCUT2D eigenvalue weighted by Crippen LogP contribution is -2.33. The van der Waals surface area contributed by atoms with Crippen molar-refractivity contribution in [3.63, 3.8) is 0 Å². The first-order valence-corrected chi connectivity index (χ1v) is 4.64. The van der Waals surface area contributed by atoms with Gasteiger partial charge >= 0.3 is 0 Å². The van der Waals surface area contributed by atoms with Crippen molar-refractivity contribution in [2.75, 3.05) is 19.0 Å². The van der Waals surface area contributed by atoms with E-state index in [9.17, 15) is 4.79 Å². The Hall–Kier alpha value is -0.240. The molecule has 0 aromatic rings. The van der Waals surface area contributed by atoms with Crippen molar-refractivity contribution in [3.05, 3.63) is 0 Å². The minimum atomic E-state index is -0.00485. The van der Waals surface area contributed by atoms with E-state index in [0.717, 1.165) is 25.9 Å². The molecule has 0 aromatic carbocycles. The van der Waals surface area contributed by atoms with Crippen molar-refractivity contribution in [3.8, 4) is 0 Å². The Bertz CT molecular complexity index is 143. The van der Waals surface area contributed by atoms with E-state index in [4.69, 9.17) is 11.6 Å². The van der Waals surface area contributed by atoms with Crippen molar-refractivity contribution in [1.29, 1.82) is 0 Å². The fourth-order valence-corrected chi connectivity index (χ4v) is 1.45. The predicted molar refractivity (Wildman–Crippen MR) is 45.7 cm³/mol. The second kappa shape index (κ2) is 3.96. The van der Waals surface area contributed by atoms with E-state index < -0.39 is 0 Å². The number of rotatable bonds is 2. The highest BCUT2D eigenvalue weighted by molar-refractivity contribution is 6.19. The van der Waals surface area contributed by atoms with Gasteiger partial charge in [0, 0.05) is 24.9 Å². The molecular formula is C8H14ClNO. The highest BCUT2D eigenvalue weighted by atomic mass is 35.5. The third kappa shape index (κ3) is 2.09. The fraction of sp³-hybridized carbons (Fsp3) is 0.875. The molecule has 0 bridgehead atoms. The van der Waals surface area contributed by atoms with Crippen molar-refractivity contribution in [2.45, 2.75) is 19.8 Å². The largest absolute Gasteiger partial charge is 0.342 e. The molecule has 1 amide bonds. The van der Waals surface area contributed by atoms with Gasteiger partial charge in [-0.1, -0.05) is 6.92 Å². The van der Waals surface area contributed by atoms with E-state index in [1.165, 1.54) is 0 Å². The zero-order valence-electron chi connectivity index (χ0n) is 6.85. The van der Waals surface area contributed by atoms with Gasteiger partial charge in [-0.2, -0.15) is 0 Å². The van der Waals surface area contributed by atoms with E-state index in [2.05, 4.69) is 0 Å². The first-order chi connectivity index (χ1) is 5.25. The van der Waals surface area contributed by atoms with Gasteiger partial charge in [0.2, 0.25) is 5.91 Å². The van der Waals surface area contributed by atoms with Crippen LogP contribution >= 0.6 is 11.6 Å². The molecule has 1 unspecified atom stereocenters. The fourth-order valence-electron chi connectivity index (χ4n) is 1.32. The average Bonchev–Trinajstić information content (AvgIpc) is 2.53. The van der Waals surface area contributed by atoms with Gasteiger partial charge in [0.05, 0.1) is 0 Å². The van der Waals surface area contributed by atoms with Gasteiger partial charge in [0.15, 0.2) is 0 Å². The monoisotopic (exact) mass is 175 g/mol. The van der Waals surface area contributed by atoms with Crippen molar-refractivity contribution < 1.29 is 4.79 Å². The number of carbonyl (C=O) groups is 1. The van der Waals surface area contributed by atoms with Gasteiger partial charge < -0.3 is 4.90 Å². The Labute approximate surface area is 72.5 Å². The normalized spacial score (nSPS) is 20.4. The molecule has 1 heterocycles. The average molecular weight is 176 g/mol. The maximum atomic E-state index is 11.4. The molecule has 64 valence electrons. The van der Waals surface area contributed by atoms with Crippen molar-refractivity contribution >= 4 is 17.5 Å². The third-order valence-electron chi connectivity index (χ3n) is 2.07. The Kier molecular flexibility index (Phi) is 3.18. The number of alkyl halides is 1. The molecule has 0 aliphatic carbocycles. The molecule has 0 spiro atoms. The number of likely N-dealkylation sites (tertiary alicyclic amines) is 1. The van der Waals surface area contributed by atoms with Gasteiger partial charge in [0.1, 0.15) is 0 Å². The smallest absolute Gasteiger partial charge is 0.226 e. The van der Waals surface area contributed by atoms with Crippen LogP contribution in [0.15, 0.2) is 0 Å². The van der Waals surface area contributed by atoms with E-state index in [1.54, 1.807) is 0 Å².